The van der Waals surface area contributed by atoms with Gasteiger partial charge in [0.25, 0.3) is 0 Å². The van der Waals surface area contributed by atoms with Crippen LogP contribution in [0.1, 0.15) is 37.8 Å². The van der Waals surface area contributed by atoms with Gasteiger partial charge in [-0.1, -0.05) is 24.3 Å². The summed E-state index contributed by atoms with van der Waals surface area (Å²) in [5.74, 6) is 0. The lowest BCUT2D eigenvalue weighted by Crippen LogP contribution is -2.28. The van der Waals surface area contributed by atoms with E-state index in [4.69, 9.17) is 10.5 Å². The first-order chi connectivity index (χ1) is 7.47. The molecule has 88 valence electrons. The number of nitrogens with two attached hydrogens (primary N) is 1. The van der Waals surface area contributed by atoms with Crippen LogP contribution in [0.4, 0.5) is 0 Å². The molecule has 2 heteroatoms. The highest BCUT2D eigenvalue weighted by molar-refractivity contribution is 5.38. The molecular weight excluding hydrogens is 198 g/mol. The third-order valence-corrected chi connectivity index (χ3v) is 3.51. The van der Waals surface area contributed by atoms with Gasteiger partial charge in [-0.2, -0.15) is 0 Å². The Kier molecular flexibility index (Phi) is 2.81. The maximum absolute atomic E-state index is 6.29. The summed E-state index contributed by atoms with van der Waals surface area (Å²) in [6, 6.07) is 8.49. The molecule has 2 rings (SSSR count). The summed E-state index contributed by atoms with van der Waals surface area (Å²) in [6.45, 7) is 4.22. The second-order valence-corrected chi connectivity index (χ2v) is 5.45. The quantitative estimate of drug-likeness (QED) is 0.844. The molecule has 1 aliphatic rings. The number of hydrogen-bond acceptors (Lipinski definition) is 2. The van der Waals surface area contributed by atoms with Gasteiger partial charge in [0.15, 0.2) is 0 Å². The van der Waals surface area contributed by atoms with E-state index in [1.165, 1.54) is 11.1 Å². The van der Waals surface area contributed by atoms with Crippen LogP contribution in [0.2, 0.25) is 0 Å². The van der Waals surface area contributed by atoms with Crippen molar-refractivity contribution >= 4 is 0 Å². The van der Waals surface area contributed by atoms with Crippen LogP contribution < -0.4 is 5.73 Å². The Balaban J connectivity index is 2.27. The summed E-state index contributed by atoms with van der Waals surface area (Å²) in [6.07, 6.45) is 3.13. The molecule has 2 N–H and O–H groups in total. The van der Waals surface area contributed by atoms with Crippen LogP contribution in [-0.4, -0.2) is 12.7 Å². The summed E-state index contributed by atoms with van der Waals surface area (Å²) < 4.78 is 5.49. The molecule has 0 radical (unpaired) electrons. The van der Waals surface area contributed by atoms with E-state index in [-0.39, 0.29) is 11.1 Å². The fourth-order valence-corrected chi connectivity index (χ4v) is 2.10. The van der Waals surface area contributed by atoms with Crippen molar-refractivity contribution in [1.82, 2.24) is 0 Å². The van der Waals surface area contributed by atoms with Gasteiger partial charge in [0.1, 0.15) is 0 Å². The minimum atomic E-state index is -0.124. The SMILES string of the molecule is COC(C)(C)Cc1ccccc1C1(N)CC1. The van der Waals surface area contributed by atoms with Crippen molar-refractivity contribution in [2.75, 3.05) is 7.11 Å². The molecule has 2 nitrogen and oxygen atoms in total. The van der Waals surface area contributed by atoms with E-state index < -0.39 is 0 Å². The molecule has 0 saturated heterocycles. The first-order valence-corrected chi connectivity index (χ1v) is 5.89. The number of ether oxygens (including phenoxy) is 1. The van der Waals surface area contributed by atoms with Crippen molar-refractivity contribution in [2.24, 2.45) is 5.73 Å². The van der Waals surface area contributed by atoms with E-state index >= 15 is 0 Å². The van der Waals surface area contributed by atoms with Crippen molar-refractivity contribution in [2.45, 2.75) is 44.2 Å². The minimum Gasteiger partial charge on any atom is -0.378 e. The van der Waals surface area contributed by atoms with Crippen LogP contribution in [0, 0.1) is 0 Å². The van der Waals surface area contributed by atoms with Crippen LogP contribution in [0.3, 0.4) is 0 Å². The van der Waals surface area contributed by atoms with Crippen molar-refractivity contribution in [3.05, 3.63) is 35.4 Å². The summed E-state index contributed by atoms with van der Waals surface area (Å²) >= 11 is 0. The number of methoxy groups -OCH3 is 1. The summed E-state index contributed by atoms with van der Waals surface area (Å²) in [7, 11) is 1.76. The van der Waals surface area contributed by atoms with E-state index in [0.717, 1.165) is 19.3 Å². The van der Waals surface area contributed by atoms with Gasteiger partial charge in [-0.05, 0) is 37.8 Å². The Hall–Kier alpha value is -0.860. The molecular formula is C14H21NO. The highest BCUT2D eigenvalue weighted by Crippen LogP contribution is 2.44. The van der Waals surface area contributed by atoms with Crippen LogP contribution in [0.15, 0.2) is 24.3 Å². The zero-order chi connectivity index (χ0) is 11.8. The third kappa shape index (κ3) is 2.28. The van der Waals surface area contributed by atoms with Gasteiger partial charge in [-0.15, -0.1) is 0 Å². The lowest BCUT2D eigenvalue weighted by molar-refractivity contribution is 0.0229. The van der Waals surface area contributed by atoms with Gasteiger partial charge >= 0.3 is 0 Å². The van der Waals surface area contributed by atoms with E-state index in [9.17, 15) is 0 Å². The van der Waals surface area contributed by atoms with Crippen molar-refractivity contribution in [3.63, 3.8) is 0 Å². The Labute approximate surface area is 97.8 Å². The second kappa shape index (κ2) is 3.86. The molecule has 0 bridgehead atoms. The van der Waals surface area contributed by atoms with Crippen LogP contribution in [0.5, 0.6) is 0 Å². The summed E-state index contributed by atoms with van der Waals surface area (Å²) in [5.41, 5.74) is 8.74. The topological polar surface area (TPSA) is 35.2 Å². The molecule has 1 aliphatic carbocycles. The maximum Gasteiger partial charge on any atom is 0.0663 e. The smallest absolute Gasteiger partial charge is 0.0663 e. The Morgan fingerprint density at radius 2 is 1.94 bits per heavy atom. The van der Waals surface area contributed by atoms with E-state index in [1.807, 2.05) is 0 Å². The van der Waals surface area contributed by atoms with Gasteiger partial charge in [0.2, 0.25) is 0 Å². The molecule has 1 aromatic rings. The van der Waals surface area contributed by atoms with E-state index in [1.54, 1.807) is 7.11 Å². The van der Waals surface area contributed by atoms with Gasteiger partial charge in [-0.3, -0.25) is 0 Å². The fraction of sp³-hybridized carbons (Fsp3) is 0.571. The van der Waals surface area contributed by atoms with Gasteiger partial charge in [-0.25, -0.2) is 0 Å². The number of benzene rings is 1. The molecule has 0 spiro atoms. The average Bonchev–Trinajstić information content (AvgIpc) is 2.98. The Morgan fingerprint density at radius 1 is 1.31 bits per heavy atom. The predicted octanol–water partition coefficient (Wildman–Crippen LogP) is 2.60. The first-order valence-electron chi connectivity index (χ1n) is 5.89. The van der Waals surface area contributed by atoms with Crippen LogP contribution >= 0.6 is 0 Å². The zero-order valence-corrected chi connectivity index (χ0v) is 10.4. The lowest BCUT2D eigenvalue weighted by Gasteiger charge is -2.25. The maximum atomic E-state index is 6.29. The Bertz CT molecular complexity index is 380. The molecule has 0 heterocycles. The zero-order valence-electron chi connectivity index (χ0n) is 10.4. The summed E-state index contributed by atoms with van der Waals surface area (Å²) in [5, 5.41) is 0. The van der Waals surface area contributed by atoms with Gasteiger partial charge in [0, 0.05) is 19.1 Å². The highest BCUT2D eigenvalue weighted by atomic mass is 16.5. The van der Waals surface area contributed by atoms with Crippen LogP contribution in [0.25, 0.3) is 0 Å². The second-order valence-electron chi connectivity index (χ2n) is 5.45. The number of rotatable bonds is 4. The fourth-order valence-electron chi connectivity index (χ4n) is 2.10. The Morgan fingerprint density at radius 3 is 2.50 bits per heavy atom. The average molecular weight is 219 g/mol. The predicted molar refractivity (Wildman–Crippen MR) is 66.3 cm³/mol. The van der Waals surface area contributed by atoms with Gasteiger partial charge in [0.05, 0.1) is 5.60 Å². The van der Waals surface area contributed by atoms with Crippen molar-refractivity contribution in [1.29, 1.82) is 0 Å². The summed E-state index contributed by atoms with van der Waals surface area (Å²) in [4.78, 5) is 0. The molecule has 1 aromatic carbocycles. The molecule has 1 fully saturated rings. The first kappa shape index (κ1) is 11.6. The van der Waals surface area contributed by atoms with Crippen LogP contribution in [-0.2, 0) is 16.7 Å². The highest BCUT2D eigenvalue weighted by Gasteiger charge is 2.41. The number of hydrogen-bond donors (Lipinski definition) is 1. The normalized spacial score (nSPS) is 18.5. The van der Waals surface area contributed by atoms with Crippen molar-refractivity contribution < 1.29 is 4.74 Å². The van der Waals surface area contributed by atoms with E-state index in [2.05, 4.69) is 38.1 Å². The molecule has 0 amide bonds. The molecule has 0 unspecified atom stereocenters. The minimum absolute atomic E-state index is 0.0551. The van der Waals surface area contributed by atoms with Crippen molar-refractivity contribution in [3.8, 4) is 0 Å². The monoisotopic (exact) mass is 219 g/mol. The molecule has 0 atom stereocenters. The third-order valence-electron chi connectivity index (χ3n) is 3.51. The lowest BCUT2D eigenvalue weighted by atomic mass is 9.91. The molecule has 16 heavy (non-hydrogen) atoms. The molecule has 0 aromatic heterocycles. The van der Waals surface area contributed by atoms with Gasteiger partial charge < -0.3 is 10.5 Å². The molecule has 1 saturated carbocycles. The molecule has 0 aliphatic heterocycles. The standard InChI is InChI=1S/C14H21NO/c1-13(2,16-3)10-11-6-4-5-7-12(11)14(15)8-9-14/h4-7H,8-10,15H2,1-3H3. The largest absolute Gasteiger partial charge is 0.378 e. The van der Waals surface area contributed by atoms with E-state index in [0.29, 0.717) is 0 Å².